The second-order valence-electron chi connectivity index (χ2n) is 14.7. The lowest BCUT2D eigenvalue weighted by Gasteiger charge is -2.45. The van der Waals surface area contributed by atoms with Crippen molar-refractivity contribution in [1.29, 1.82) is 0 Å². The van der Waals surface area contributed by atoms with E-state index in [-0.39, 0.29) is 37.7 Å². The number of carbonyl (C=O) groups is 4. The van der Waals surface area contributed by atoms with Crippen molar-refractivity contribution in [3.63, 3.8) is 0 Å². The van der Waals surface area contributed by atoms with Crippen molar-refractivity contribution in [2.24, 2.45) is 0 Å². The van der Waals surface area contributed by atoms with E-state index in [0.29, 0.717) is 43.7 Å². The number of amides is 4. The summed E-state index contributed by atoms with van der Waals surface area (Å²) in [7, 11) is 0. The van der Waals surface area contributed by atoms with Crippen LogP contribution in [0.1, 0.15) is 60.3 Å². The Balaban J connectivity index is 0.935. The molecule has 1 spiro atoms. The van der Waals surface area contributed by atoms with Gasteiger partial charge in [0.25, 0.3) is 5.91 Å². The Morgan fingerprint density at radius 3 is 2.20 bits per heavy atom. The summed E-state index contributed by atoms with van der Waals surface area (Å²) < 4.78 is 18.4. The largest absolute Gasteiger partial charge is 0.445 e. The maximum absolute atomic E-state index is 13.3. The number of anilines is 2. The van der Waals surface area contributed by atoms with Crippen LogP contribution >= 0.6 is 0 Å². The predicted molar refractivity (Wildman–Crippen MR) is 206 cm³/mol. The maximum Gasteiger partial charge on any atom is 0.408 e. The molecule has 0 radical (unpaired) electrons. The number of hydrogen-bond donors (Lipinski definition) is 3. The molecule has 4 heterocycles. The number of alkyl carbamates (subject to hydrolysis) is 1. The summed E-state index contributed by atoms with van der Waals surface area (Å²) in [6, 6.07) is 32.8. The van der Waals surface area contributed by atoms with E-state index in [2.05, 4.69) is 20.4 Å². The Morgan fingerprint density at radius 2 is 1.50 bits per heavy atom. The third-order valence-corrected chi connectivity index (χ3v) is 11.2. The highest BCUT2D eigenvalue weighted by atomic mass is 16.7. The first kappa shape index (κ1) is 37.3. The molecule has 56 heavy (non-hydrogen) atoms. The summed E-state index contributed by atoms with van der Waals surface area (Å²) in [4.78, 5) is 57.7. The lowest BCUT2D eigenvalue weighted by Crippen LogP contribution is -2.57. The minimum atomic E-state index is -1.04. The highest BCUT2D eigenvalue weighted by Gasteiger charge is 2.50. The molecule has 4 aliphatic rings. The Labute approximate surface area is 325 Å². The monoisotopic (exact) mass is 759 g/mol. The molecule has 4 fully saturated rings. The number of nitrogens with one attached hydrogen (secondary N) is 2. The molecule has 3 N–H and O–H groups in total. The second-order valence-corrected chi connectivity index (χ2v) is 14.7. The first-order chi connectivity index (χ1) is 27.3. The van der Waals surface area contributed by atoms with Crippen LogP contribution in [0.2, 0.25) is 0 Å². The fourth-order valence-electron chi connectivity index (χ4n) is 8.16. The maximum atomic E-state index is 13.3. The van der Waals surface area contributed by atoms with Crippen molar-refractivity contribution in [3.05, 3.63) is 131 Å². The summed E-state index contributed by atoms with van der Waals surface area (Å²) in [6.07, 6.45) is -0.226. The van der Waals surface area contributed by atoms with Crippen LogP contribution in [0.25, 0.3) is 0 Å². The molecule has 4 atom stereocenters. The van der Waals surface area contributed by atoms with Crippen LogP contribution in [0.5, 0.6) is 0 Å². The Kier molecular flexibility index (Phi) is 10.8. The van der Waals surface area contributed by atoms with E-state index in [1.807, 2.05) is 84.9 Å². The minimum Gasteiger partial charge on any atom is -0.445 e. The van der Waals surface area contributed by atoms with Gasteiger partial charge in [0.1, 0.15) is 18.2 Å². The summed E-state index contributed by atoms with van der Waals surface area (Å²) in [6.45, 7) is 2.57. The van der Waals surface area contributed by atoms with Crippen LogP contribution in [-0.4, -0.2) is 77.8 Å². The van der Waals surface area contributed by atoms with E-state index < -0.39 is 35.8 Å². The van der Waals surface area contributed by atoms with Gasteiger partial charge in [0.05, 0.1) is 37.6 Å². The number of carbonyl (C=O) groups excluding carboxylic acids is 4. The zero-order valence-electron chi connectivity index (χ0n) is 30.9. The number of benzene rings is 4. The van der Waals surface area contributed by atoms with Gasteiger partial charge in [0.15, 0.2) is 6.29 Å². The van der Waals surface area contributed by atoms with E-state index in [4.69, 9.17) is 14.2 Å². The number of likely N-dealkylation sites (tertiary alicyclic amines) is 1. The zero-order chi connectivity index (χ0) is 38.6. The van der Waals surface area contributed by atoms with Gasteiger partial charge in [0, 0.05) is 37.3 Å². The third kappa shape index (κ3) is 7.76. The lowest BCUT2D eigenvalue weighted by molar-refractivity contribution is -0.253. The van der Waals surface area contributed by atoms with Gasteiger partial charge in [-0.2, -0.15) is 0 Å². The van der Waals surface area contributed by atoms with E-state index >= 15 is 0 Å². The number of para-hydroxylation sites is 1. The molecule has 4 amide bonds. The van der Waals surface area contributed by atoms with Crippen molar-refractivity contribution in [1.82, 2.24) is 15.5 Å². The fraction of sp³-hybridized carbons (Fsp3) is 0.349. The molecule has 0 bridgehead atoms. The third-order valence-electron chi connectivity index (χ3n) is 11.2. The standard InChI is InChI=1S/C43H45N5O8/c49-26-29-11-13-31(14-12-29)37-23-35(25-46-21-19-43(20-22-46)41(52)44-28-47(43)33-9-5-2-6-10-33)55-40(56-37)32-15-17-34(18-16-32)48-38(50)24-36(39(48)51)45-42(53)54-27-30-7-3-1-4-8-30/h1-18,35-37,40,49H,19-28H2,(H,44,52)(H,45,53)/t35-,36?,37+,40+/m0/s1. The van der Waals surface area contributed by atoms with Crippen LogP contribution in [-0.2, 0) is 41.8 Å². The molecule has 0 saturated carbocycles. The van der Waals surface area contributed by atoms with Crippen LogP contribution in [0, 0.1) is 0 Å². The molecule has 4 saturated heterocycles. The summed E-state index contributed by atoms with van der Waals surface area (Å²) in [5.41, 5.74) is 4.10. The Hall–Kier alpha value is -5.60. The van der Waals surface area contributed by atoms with E-state index in [0.717, 1.165) is 40.4 Å². The average Bonchev–Trinajstić information content (AvgIpc) is 3.70. The number of nitrogens with zero attached hydrogens (tertiary/aromatic N) is 3. The molecular formula is C43H45N5O8. The van der Waals surface area contributed by atoms with Crippen LogP contribution in [0.3, 0.4) is 0 Å². The van der Waals surface area contributed by atoms with Crippen LogP contribution in [0.15, 0.2) is 109 Å². The van der Waals surface area contributed by atoms with Crippen molar-refractivity contribution >= 4 is 35.2 Å². The summed E-state index contributed by atoms with van der Waals surface area (Å²) in [5.74, 6) is -0.900. The van der Waals surface area contributed by atoms with Crippen molar-refractivity contribution in [3.8, 4) is 0 Å². The van der Waals surface area contributed by atoms with Gasteiger partial charge in [-0.05, 0) is 53.8 Å². The Morgan fingerprint density at radius 1 is 0.821 bits per heavy atom. The van der Waals surface area contributed by atoms with Crippen LogP contribution < -0.4 is 20.4 Å². The SMILES string of the molecule is O=C(NC1CC(=O)N(c2ccc([C@@H]3O[C@H](CN4CCC5(CC4)C(=O)NCN5c4ccccc4)C[C@H](c4ccc(CO)cc4)O3)cc2)C1=O)OCc1ccccc1. The number of ether oxygens (including phenoxy) is 3. The van der Waals surface area contributed by atoms with Crippen molar-refractivity contribution < 1.29 is 38.5 Å². The number of aliphatic hydroxyl groups excluding tert-OH is 1. The van der Waals surface area contributed by atoms with E-state index in [9.17, 15) is 24.3 Å². The molecule has 4 aromatic rings. The van der Waals surface area contributed by atoms with E-state index in [1.54, 1.807) is 24.3 Å². The van der Waals surface area contributed by atoms with Crippen LogP contribution in [0.4, 0.5) is 16.2 Å². The smallest absolute Gasteiger partial charge is 0.408 e. The molecule has 290 valence electrons. The molecule has 0 aromatic heterocycles. The first-order valence-corrected chi connectivity index (χ1v) is 19.1. The van der Waals surface area contributed by atoms with Gasteiger partial charge < -0.3 is 39.8 Å². The number of hydrogen-bond acceptors (Lipinski definition) is 10. The second kappa shape index (κ2) is 16.2. The average molecular weight is 760 g/mol. The van der Waals surface area contributed by atoms with Crippen molar-refractivity contribution in [2.45, 2.75) is 69.0 Å². The molecular weight excluding hydrogens is 715 g/mol. The highest BCUT2D eigenvalue weighted by molar-refractivity contribution is 6.22. The van der Waals surface area contributed by atoms with E-state index in [1.165, 1.54) is 0 Å². The first-order valence-electron chi connectivity index (χ1n) is 19.1. The van der Waals surface area contributed by atoms with Crippen molar-refractivity contribution in [2.75, 3.05) is 36.1 Å². The predicted octanol–water partition coefficient (Wildman–Crippen LogP) is 4.71. The number of piperidine rings is 1. The summed E-state index contributed by atoms with van der Waals surface area (Å²) >= 11 is 0. The molecule has 8 rings (SSSR count). The molecule has 4 aromatic carbocycles. The van der Waals surface area contributed by atoms with Gasteiger partial charge in [-0.25, -0.2) is 9.69 Å². The lowest BCUT2D eigenvalue weighted by atomic mass is 9.85. The normalized spacial score (nSPS) is 23.7. The molecule has 0 aliphatic carbocycles. The Bertz CT molecular complexity index is 2020. The topological polar surface area (TPSA) is 150 Å². The molecule has 1 unspecified atom stereocenters. The minimum absolute atomic E-state index is 0.0403. The van der Waals surface area contributed by atoms with Gasteiger partial charge in [-0.15, -0.1) is 0 Å². The molecule has 13 heteroatoms. The van der Waals surface area contributed by atoms with Gasteiger partial charge in [0.2, 0.25) is 11.8 Å². The quantitative estimate of drug-likeness (QED) is 0.194. The fourth-order valence-corrected chi connectivity index (χ4v) is 8.16. The van der Waals surface area contributed by atoms with Gasteiger partial charge in [-0.1, -0.05) is 84.9 Å². The summed E-state index contributed by atoms with van der Waals surface area (Å²) in [5, 5.41) is 15.2. The van der Waals surface area contributed by atoms with Gasteiger partial charge in [-0.3, -0.25) is 14.4 Å². The zero-order valence-corrected chi connectivity index (χ0v) is 30.9. The molecule has 4 aliphatic heterocycles. The van der Waals surface area contributed by atoms with Gasteiger partial charge >= 0.3 is 6.09 Å². The number of imide groups is 1. The number of aliphatic hydroxyl groups is 1. The molecule has 13 nitrogen and oxygen atoms in total. The number of rotatable bonds is 10. The highest BCUT2D eigenvalue weighted by Crippen LogP contribution is 2.40.